The number of aliphatic hydroxyl groups excluding tert-OH is 1. The Bertz CT molecular complexity index is 582. The van der Waals surface area contributed by atoms with E-state index >= 15 is 0 Å². The van der Waals surface area contributed by atoms with E-state index in [4.69, 9.17) is 0 Å². The maximum absolute atomic E-state index is 10.6. The van der Waals surface area contributed by atoms with E-state index in [-0.39, 0.29) is 0 Å². The lowest BCUT2D eigenvalue weighted by molar-refractivity contribution is 0.208. The van der Waals surface area contributed by atoms with Gasteiger partial charge in [0.2, 0.25) is 0 Å². The van der Waals surface area contributed by atoms with E-state index in [0.717, 1.165) is 29.4 Å². The van der Waals surface area contributed by atoms with Crippen LogP contribution in [0.5, 0.6) is 0 Å². The van der Waals surface area contributed by atoms with Gasteiger partial charge in [0.1, 0.15) is 6.10 Å². The van der Waals surface area contributed by atoms with Crippen molar-refractivity contribution >= 4 is 0 Å². The first-order valence-corrected chi connectivity index (χ1v) is 7.51. The third kappa shape index (κ3) is 2.38. The van der Waals surface area contributed by atoms with Gasteiger partial charge in [-0.15, -0.1) is 0 Å². The van der Waals surface area contributed by atoms with Crippen LogP contribution in [-0.2, 0) is 6.54 Å². The van der Waals surface area contributed by atoms with Gasteiger partial charge in [-0.1, -0.05) is 30.7 Å². The Balaban J connectivity index is 1.83. The highest BCUT2D eigenvalue weighted by Crippen LogP contribution is 2.36. The lowest BCUT2D eigenvalue weighted by Crippen LogP contribution is -2.10. The molecule has 1 aromatic heterocycles. The van der Waals surface area contributed by atoms with Gasteiger partial charge >= 0.3 is 0 Å². The second-order valence-corrected chi connectivity index (χ2v) is 5.72. The first kappa shape index (κ1) is 13.4. The SMILES string of the molecule is CCn1nc(C)cc1C(O)c1ccc(C2CCC2)cc1. The number of aliphatic hydroxyl groups is 1. The summed E-state index contributed by atoms with van der Waals surface area (Å²) in [7, 11) is 0. The zero-order valence-electron chi connectivity index (χ0n) is 12.2. The van der Waals surface area contributed by atoms with Crippen LogP contribution in [-0.4, -0.2) is 14.9 Å². The average Bonchev–Trinajstić information content (AvgIpc) is 2.78. The minimum absolute atomic E-state index is 0.591. The second-order valence-electron chi connectivity index (χ2n) is 5.72. The third-order valence-electron chi connectivity index (χ3n) is 4.34. The summed E-state index contributed by atoms with van der Waals surface area (Å²) in [6.07, 6.45) is 3.38. The van der Waals surface area contributed by atoms with Gasteiger partial charge in [-0.3, -0.25) is 4.68 Å². The number of rotatable bonds is 4. The van der Waals surface area contributed by atoms with E-state index in [9.17, 15) is 5.11 Å². The zero-order valence-corrected chi connectivity index (χ0v) is 12.2. The fourth-order valence-corrected chi connectivity index (χ4v) is 2.90. The number of aryl methyl sites for hydroxylation is 2. The standard InChI is InChI=1S/C17H22N2O/c1-3-19-16(11-12(2)18-19)17(20)15-9-7-14(8-10-15)13-5-4-6-13/h7-11,13,17,20H,3-6H2,1-2H3. The summed E-state index contributed by atoms with van der Waals surface area (Å²) < 4.78 is 1.87. The molecule has 1 fully saturated rings. The molecule has 1 N–H and O–H groups in total. The number of nitrogens with zero attached hydrogens (tertiary/aromatic N) is 2. The normalized spacial score (nSPS) is 16.9. The van der Waals surface area contributed by atoms with Crippen molar-refractivity contribution in [2.75, 3.05) is 0 Å². The molecule has 20 heavy (non-hydrogen) atoms. The second kappa shape index (κ2) is 5.41. The molecule has 3 nitrogen and oxygen atoms in total. The Kier molecular flexibility index (Phi) is 3.62. The summed E-state index contributed by atoms with van der Waals surface area (Å²) in [5, 5.41) is 15.0. The number of hydrogen-bond acceptors (Lipinski definition) is 2. The molecule has 2 aromatic rings. The fraction of sp³-hybridized carbons (Fsp3) is 0.471. The van der Waals surface area contributed by atoms with Gasteiger partial charge < -0.3 is 5.11 Å². The molecule has 1 aliphatic carbocycles. The fourth-order valence-electron chi connectivity index (χ4n) is 2.90. The van der Waals surface area contributed by atoms with E-state index in [1.165, 1.54) is 24.8 Å². The molecule has 0 aliphatic heterocycles. The monoisotopic (exact) mass is 270 g/mol. The molecule has 0 saturated heterocycles. The zero-order chi connectivity index (χ0) is 14.1. The molecule has 0 amide bonds. The summed E-state index contributed by atoms with van der Waals surface area (Å²) in [5.74, 6) is 0.740. The third-order valence-corrected chi connectivity index (χ3v) is 4.34. The van der Waals surface area contributed by atoms with Gasteiger partial charge in [-0.05, 0) is 49.8 Å². The predicted molar refractivity (Wildman–Crippen MR) is 79.7 cm³/mol. The van der Waals surface area contributed by atoms with Gasteiger partial charge in [0, 0.05) is 6.54 Å². The quantitative estimate of drug-likeness (QED) is 0.922. The number of aromatic nitrogens is 2. The topological polar surface area (TPSA) is 38.0 Å². The summed E-state index contributed by atoms with van der Waals surface area (Å²) in [6.45, 7) is 4.78. The first-order valence-electron chi connectivity index (χ1n) is 7.51. The van der Waals surface area contributed by atoms with Crippen molar-refractivity contribution in [3.63, 3.8) is 0 Å². The lowest BCUT2D eigenvalue weighted by Gasteiger charge is -2.26. The Morgan fingerprint density at radius 1 is 1.30 bits per heavy atom. The Labute approximate surface area is 120 Å². The maximum Gasteiger partial charge on any atom is 0.121 e. The molecule has 1 aromatic carbocycles. The molecule has 1 unspecified atom stereocenters. The van der Waals surface area contributed by atoms with E-state index in [2.05, 4.69) is 29.4 Å². The Hall–Kier alpha value is -1.61. The molecule has 106 valence electrons. The maximum atomic E-state index is 10.6. The lowest BCUT2D eigenvalue weighted by atomic mass is 9.80. The smallest absolute Gasteiger partial charge is 0.121 e. The van der Waals surface area contributed by atoms with E-state index in [0.29, 0.717) is 0 Å². The molecular formula is C17H22N2O. The van der Waals surface area contributed by atoms with Crippen molar-refractivity contribution in [2.24, 2.45) is 0 Å². The molecule has 1 saturated carbocycles. The van der Waals surface area contributed by atoms with Crippen LogP contribution in [0.1, 0.15) is 60.7 Å². The van der Waals surface area contributed by atoms with Crippen molar-refractivity contribution in [3.8, 4) is 0 Å². The van der Waals surface area contributed by atoms with E-state index < -0.39 is 6.10 Å². The average molecular weight is 270 g/mol. The number of benzene rings is 1. The van der Waals surface area contributed by atoms with Crippen molar-refractivity contribution < 1.29 is 5.11 Å². The summed E-state index contributed by atoms with van der Waals surface area (Å²) >= 11 is 0. The van der Waals surface area contributed by atoms with Crippen LogP contribution in [0.3, 0.4) is 0 Å². The van der Waals surface area contributed by atoms with Gasteiger partial charge in [0.25, 0.3) is 0 Å². The first-order chi connectivity index (χ1) is 9.69. The van der Waals surface area contributed by atoms with Crippen LogP contribution in [0, 0.1) is 6.92 Å². The molecule has 1 atom stereocenters. The van der Waals surface area contributed by atoms with Gasteiger partial charge in [0.05, 0.1) is 11.4 Å². The largest absolute Gasteiger partial charge is 0.382 e. The molecule has 3 heteroatoms. The minimum Gasteiger partial charge on any atom is -0.382 e. The van der Waals surface area contributed by atoms with Gasteiger partial charge in [0.15, 0.2) is 0 Å². The van der Waals surface area contributed by atoms with E-state index in [1.54, 1.807) is 0 Å². The predicted octanol–water partition coefficient (Wildman–Crippen LogP) is 3.56. The molecule has 0 bridgehead atoms. The Morgan fingerprint density at radius 2 is 2.00 bits per heavy atom. The highest BCUT2D eigenvalue weighted by atomic mass is 16.3. The summed E-state index contributed by atoms with van der Waals surface area (Å²) in [4.78, 5) is 0. The molecular weight excluding hydrogens is 248 g/mol. The van der Waals surface area contributed by atoms with Gasteiger partial charge in [-0.25, -0.2) is 0 Å². The molecule has 1 aliphatic rings. The molecule has 1 heterocycles. The van der Waals surface area contributed by atoms with Crippen molar-refractivity contribution in [3.05, 3.63) is 52.8 Å². The minimum atomic E-state index is -0.591. The van der Waals surface area contributed by atoms with Crippen LogP contribution in [0.15, 0.2) is 30.3 Å². The molecule has 3 rings (SSSR count). The van der Waals surface area contributed by atoms with E-state index in [1.807, 2.05) is 24.6 Å². The number of hydrogen-bond donors (Lipinski definition) is 1. The van der Waals surface area contributed by atoms with Crippen LogP contribution in [0.25, 0.3) is 0 Å². The van der Waals surface area contributed by atoms with Crippen LogP contribution >= 0.6 is 0 Å². The van der Waals surface area contributed by atoms with Crippen LogP contribution < -0.4 is 0 Å². The van der Waals surface area contributed by atoms with Gasteiger partial charge in [-0.2, -0.15) is 5.10 Å². The van der Waals surface area contributed by atoms with Crippen LogP contribution in [0.4, 0.5) is 0 Å². The Morgan fingerprint density at radius 3 is 2.55 bits per heavy atom. The highest BCUT2D eigenvalue weighted by molar-refractivity contribution is 5.31. The van der Waals surface area contributed by atoms with Crippen molar-refractivity contribution in [2.45, 2.75) is 51.7 Å². The van der Waals surface area contributed by atoms with Crippen molar-refractivity contribution in [1.82, 2.24) is 9.78 Å². The summed E-state index contributed by atoms with van der Waals surface area (Å²) in [5.41, 5.74) is 4.18. The van der Waals surface area contributed by atoms with Crippen molar-refractivity contribution in [1.29, 1.82) is 0 Å². The van der Waals surface area contributed by atoms with Crippen LogP contribution in [0.2, 0.25) is 0 Å². The summed E-state index contributed by atoms with van der Waals surface area (Å²) in [6, 6.07) is 10.4. The highest BCUT2D eigenvalue weighted by Gasteiger charge is 2.20. The molecule has 0 radical (unpaired) electrons. The molecule has 0 spiro atoms.